The Morgan fingerprint density at radius 3 is 2.81 bits per heavy atom. The van der Waals surface area contributed by atoms with Crippen molar-refractivity contribution in [3.63, 3.8) is 0 Å². The summed E-state index contributed by atoms with van der Waals surface area (Å²) in [6.45, 7) is 5.62. The minimum Gasteiger partial charge on any atom is -0.385 e. The van der Waals surface area contributed by atoms with Gasteiger partial charge in [-0.1, -0.05) is 6.92 Å². The van der Waals surface area contributed by atoms with Gasteiger partial charge in [-0.25, -0.2) is 0 Å². The van der Waals surface area contributed by atoms with Gasteiger partial charge in [-0.05, 0) is 49.9 Å². The number of carbonyl (C=O) groups is 1. The van der Waals surface area contributed by atoms with Crippen molar-refractivity contribution >= 4 is 11.6 Å². The molecule has 1 fully saturated rings. The predicted octanol–water partition coefficient (Wildman–Crippen LogP) is 3.34. The van der Waals surface area contributed by atoms with Crippen LogP contribution in [-0.4, -0.2) is 29.9 Å². The molecule has 0 spiro atoms. The van der Waals surface area contributed by atoms with Crippen LogP contribution < -0.4 is 5.32 Å². The maximum Gasteiger partial charge on any atom is 0.254 e. The van der Waals surface area contributed by atoms with Gasteiger partial charge in [0.15, 0.2) is 0 Å². The quantitative estimate of drug-likeness (QED) is 0.836. The number of nitriles is 1. The number of aryl methyl sites for hydroxylation is 1. The normalized spacial score (nSPS) is 13.6. The first-order valence-corrected chi connectivity index (χ1v) is 7.69. The van der Waals surface area contributed by atoms with Gasteiger partial charge in [0, 0.05) is 30.4 Å². The first-order chi connectivity index (χ1) is 10.2. The van der Waals surface area contributed by atoms with Crippen LogP contribution in [0.25, 0.3) is 0 Å². The molecule has 4 heteroatoms. The molecule has 0 bridgehead atoms. The number of hydrogen-bond acceptors (Lipinski definition) is 3. The van der Waals surface area contributed by atoms with Crippen molar-refractivity contribution in [1.82, 2.24) is 4.90 Å². The molecule has 112 valence electrons. The SMILES string of the molecule is CCCNc1ccc(C(=O)N(CCC#N)C2CC2)cc1C. The fourth-order valence-electron chi connectivity index (χ4n) is 2.43. The lowest BCUT2D eigenvalue weighted by Crippen LogP contribution is -2.34. The lowest BCUT2D eigenvalue weighted by atomic mass is 10.1. The zero-order chi connectivity index (χ0) is 15.2. The van der Waals surface area contributed by atoms with Crippen molar-refractivity contribution in [1.29, 1.82) is 5.26 Å². The second kappa shape index (κ2) is 7.12. The highest BCUT2D eigenvalue weighted by Gasteiger charge is 2.32. The predicted molar refractivity (Wildman–Crippen MR) is 84.2 cm³/mol. The van der Waals surface area contributed by atoms with Crippen molar-refractivity contribution in [2.24, 2.45) is 0 Å². The van der Waals surface area contributed by atoms with E-state index in [0.29, 0.717) is 19.0 Å². The average Bonchev–Trinajstić information content (AvgIpc) is 3.31. The van der Waals surface area contributed by atoms with Gasteiger partial charge in [0.1, 0.15) is 0 Å². The third-order valence-corrected chi connectivity index (χ3v) is 3.75. The third-order valence-electron chi connectivity index (χ3n) is 3.75. The van der Waals surface area contributed by atoms with Crippen LogP contribution in [0.3, 0.4) is 0 Å². The highest BCUT2D eigenvalue weighted by molar-refractivity contribution is 5.95. The molecular weight excluding hydrogens is 262 g/mol. The van der Waals surface area contributed by atoms with Gasteiger partial charge in [0.2, 0.25) is 0 Å². The maximum absolute atomic E-state index is 12.6. The van der Waals surface area contributed by atoms with Crippen LogP contribution in [0, 0.1) is 18.3 Å². The minimum atomic E-state index is 0.0536. The molecule has 1 amide bonds. The Balaban J connectivity index is 2.10. The molecule has 0 aliphatic heterocycles. The number of anilines is 1. The molecular formula is C17H23N3O. The van der Waals surface area contributed by atoms with Crippen molar-refractivity contribution in [3.05, 3.63) is 29.3 Å². The van der Waals surface area contributed by atoms with Gasteiger partial charge < -0.3 is 10.2 Å². The van der Waals surface area contributed by atoms with E-state index in [1.165, 1.54) is 0 Å². The second-order valence-corrected chi connectivity index (χ2v) is 5.59. The Morgan fingerprint density at radius 1 is 1.48 bits per heavy atom. The fourth-order valence-corrected chi connectivity index (χ4v) is 2.43. The van der Waals surface area contributed by atoms with E-state index in [4.69, 9.17) is 5.26 Å². The molecule has 0 saturated heterocycles. The molecule has 0 radical (unpaired) electrons. The van der Waals surface area contributed by atoms with Crippen LogP contribution in [-0.2, 0) is 0 Å². The van der Waals surface area contributed by atoms with E-state index in [2.05, 4.69) is 18.3 Å². The lowest BCUT2D eigenvalue weighted by Gasteiger charge is -2.22. The third kappa shape index (κ3) is 3.98. The average molecular weight is 285 g/mol. The summed E-state index contributed by atoms with van der Waals surface area (Å²) in [5.74, 6) is 0.0536. The van der Waals surface area contributed by atoms with Gasteiger partial charge in [0.05, 0.1) is 12.5 Å². The molecule has 1 N–H and O–H groups in total. The maximum atomic E-state index is 12.6. The number of benzene rings is 1. The van der Waals surface area contributed by atoms with Crippen LogP contribution in [0.15, 0.2) is 18.2 Å². The number of rotatable bonds is 7. The van der Waals surface area contributed by atoms with Gasteiger partial charge in [-0.2, -0.15) is 5.26 Å². The summed E-state index contributed by atoms with van der Waals surface area (Å²) < 4.78 is 0. The van der Waals surface area contributed by atoms with Crippen molar-refractivity contribution in [2.75, 3.05) is 18.4 Å². The summed E-state index contributed by atoms with van der Waals surface area (Å²) in [5.41, 5.74) is 2.90. The molecule has 1 aromatic rings. The summed E-state index contributed by atoms with van der Waals surface area (Å²) in [6, 6.07) is 8.27. The van der Waals surface area contributed by atoms with Crippen molar-refractivity contribution in [3.8, 4) is 6.07 Å². The standard InChI is InChI=1S/C17H23N3O/c1-3-10-19-16-8-5-14(12-13(16)2)17(21)20(11-4-9-18)15-6-7-15/h5,8,12,15,19H,3-4,6-7,10-11H2,1-2H3. The molecule has 1 saturated carbocycles. The summed E-state index contributed by atoms with van der Waals surface area (Å²) in [5, 5.41) is 12.1. The number of carbonyl (C=O) groups excluding carboxylic acids is 1. The van der Waals surface area contributed by atoms with E-state index in [0.717, 1.165) is 42.6 Å². The number of nitrogens with zero attached hydrogens (tertiary/aromatic N) is 2. The zero-order valence-corrected chi connectivity index (χ0v) is 12.9. The van der Waals surface area contributed by atoms with E-state index in [1.807, 2.05) is 30.0 Å². The zero-order valence-electron chi connectivity index (χ0n) is 12.9. The Morgan fingerprint density at radius 2 is 2.24 bits per heavy atom. The van der Waals surface area contributed by atoms with Crippen LogP contribution in [0.2, 0.25) is 0 Å². The molecule has 1 aromatic carbocycles. The molecule has 4 nitrogen and oxygen atoms in total. The minimum absolute atomic E-state index is 0.0536. The topological polar surface area (TPSA) is 56.1 Å². The smallest absolute Gasteiger partial charge is 0.254 e. The first-order valence-electron chi connectivity index (χ1n) is 7.69. The first kappa shape index (κ1) is 15.4. The molecule has 1 aliphatic carbocycles. The van der Waals surface area contributed by atoms with Crippen LogP contribution >= 0.6 is 0 Å². The fraction of sp³-hybridized carbons (Fsp3) is 0.529. The van der Waals surface area contributed by atoms with Gasteiger partial charge in [-0.15, -0.1) is 0 Å². The Kier molecular flexibility index (Phi) is 5.21. The van der Waals surface area contributed by atoms with Gasteiger partial charge in [-0.3, -0.25) is 4.79 Å². The molecule has 2 rings (SSSR count). The van der Waals surface area contributed by atoms with Gasteiger partial charge in [0.25, 0.3) is 5.91 Å². The highest BCUT2D eigenvalue weighted by atomic mass is 16.2. The Bertz CT molecular complexity index is 543. The van der Waals surface area contributed by atoms with E-state index in [9.17, 15) is 4.79 Å². The highest BCUT2D eigenvalue weighted by Crippen LogP contribution is 2.29. The molecule has 1 aliphatic rings. The van der Waals surface area contributed by atoms with Crippen molar-refractivity contribution < 1.29 is 4.79 Å². The molecule has 0 unspecified atom stereocenters. The molecule has 21 heavy (non-hydrogen) atoms. The molecule has 0 aromatic heterocycles. The lowest BCUT2D eigenvalue weighted by molar-refractivity contribution is 0.0747. The van der Waals surface area contributed by atoms with Crippen molar-refractivity contribution in [2.45, 2.75) is 45.6 Å². The van der Waals surface area contributed by atoms with Gasteiger partial charge >= 0.3 is 0 Å². The second-order valence-electron chi connectivity index (χ2n) is 5.59. The Labute approximate surface area is 126 Å². The van der Waals surface area contributed by atoms with E-state index >= 15 is 0 Å². The molecule has 0 atom stereocenters. The molecule has 0 heterocycles. The Hall–Kier alpha value is -2.02. The number of amides is 1. The van der Waals surface area contributed by atoms with E-state index in [1.54, 1.807) is 0 Å². The summed E-state index contributed by atoms with van der Waals surface area (Å²) >= 11 is 0. The summed E-state index contributed by atoms with van der Waals surface area (Å²) in [4.78, 5) is 14.5. The summed E-state index contributed by atoms with van der Waals surface area (Å²) in [6.07, 6.45) is 3.60. The monoisotopic (exact) mass is 285 g/mol. The number of hydrogen-bond donors (Lipinski definition) is 1. The van der Waals surface area contributed by atoms with E-state index in [-0.39, 0.29) is 5.91 Å². The summed E-state index contributed by atoms with van der Waals surface area (Å²) in [7, 11) is 0. The van der Waals surface area contributed by atoms with Crippen LogP contribution in [0.4, 0.5) is 5.69 Å². The largest absolute Gasteiger partial charge is 0.385 e. The van der Waals surface area contributed by atoms with Crippen LogP contribution in [0.1, 0.15) is 48.5 Å². The van der Waals surface area contributed by atoms with E-state index < -0.39 is 0 Å². The number of nitrogens with one attached hydrogen (secondary N) is 1. The van der Waals surface area contributed by atoms with Crippen LogP contribution in [0.5, 0.6) is 0 Å².